The standard InChI is InChI=1S/C43H54F4N4O8S.C26H33F2N3O5/c1-22-32-21-51(34(22)30(52)20-42(19-27(42)36(44)45)39(55)50-60(56,57)41(5)14-15-41)38(54)26(40(2,3)4)18-33(53)58-31-17-23-16-25(23)24(31)10-8-9-13-43(46,47)35-37(59-32)49-29-12-7-6-11-28(29)48-35;1-9-26(27,28)20-21(30-17-13-11-10-12-16(17)29-20)34-18-14-31(23(33)36-25(6,7)8)19(15(18)2)22(32)35-24(3,4)5/h6-7,11-12,22-27,31-32,34,36H,8-10,13-21H2,1-5H3,(H,50,55);9-13,15,18-19H,1,14H2,2-8H3/t22-,23+,24-,25+,26-,27+,31-,32+,34+,42-;15-,18+,19+/m11/s1. The van der Waals surface area contributed by atoms with E-state index in [9.17, 15) is 54.7 Å². The smallest absolute Gasteiger partial charge is 0.411 e. The van der Waals surface area contributed by atoms with Gasteiger partial charge in [-0.2, -0.15) is 17.6 Å². The molecule has 2 saturated heterocycles. The van der Waals surface area contributed by atoms with Crippen LogP contribution < -0.4 is 14.2 Å². The minimum atomic E-state index is -4.25. The number of fused-ring (bicyclic) bond motifs is 8. The summed E-state index contributed by atoms with van der Waals surface area (Å²) in [6.07, 6.45) is -4.52. The van der Waals surface area contributed by atoms with E-state index < -0.39 is 187 Å². The molecule has 4 aromatic rings. The summed E-state index contributed by atoms with van der Waals surface area (Å²) in [5.41, 5.74) is -4.85. The summed E-state index contributed by atoms with van der Waals surface area (Å²) >= 11 is 0. The third-order valence-corrected chi connectivity index (χ3v) is 22.2. The van der Waals surface area contributed by atoms with Gasteiger partial charge in [-0.3, -0.25) is 28.8 Å². The highest BCUT2D eigenvalue weighted by atomic mass is 32.2. The van der Waals surface area contributed by atoms with Gasteiger partial charge < -0.3 is 28.6 Å². The van der Waals surface area contributed by atoms with E-state index in [1.165, 1.54) is 16.7 Å². The number of carbonyl (C=O) groups excluding carboxylic acids is 6. The van der Waals surface area contributed by atoms with E-state index in [0.717, 1.165) is 6.42 Å². The molecule has 6 fully saturated rings. The largest absolute Gasteiger partial charge is 0.471 e. The number of carbonyl (C=O) groups is 6. The number of hydrogen-bond donors (Lipinski definition) is 1. The predicted octanol–water partition coefficient (Wildman–Crippen LogP) is 12.0. The maximum Gasteiger partial charge on any atom is 0.411 e. The molecule has 0 spiro atoms. The van der Waals surface area contributed by atoms with E-state index in [2.05, 4.69) is 26.5 Å². The molecule has 2 aromatic heterocycles. The number of likely N-dealkylation sites (tertiary alicyclic amines) is 1. The zero-order valence-electron chi connectivity index (χ0n) is 56.3. The van der Waals surface area contributed by atoms with Gasteiger partial charge in [-0.25, -0.2) is 46.7 Å². The second kappa shape index (κ2) is 25.9. The molecule has 0 radical (unpaired) electrons. The second-order valence-electron chi connectivity index (χ2n) is 30.6. The van der Waals surface area contributed by atoms with E-state index in [-0.39, 0.29) is 61.2 Å². The molecule has 4 saturated carbocycles. The molecule has 11 rings (SSSR count). The van der Waals surface area contributed by atoms with Crippen molar-refractivity contribution in [2.75, 3.05) is 13.1 Å². The van der Waals surface area contributed by atoms with Gasteiger partial charge in [0.25, 0.3) is 5.92 Å². The summed E-state index contributed by atoms with van der Waals surface area (Å²) in [6.45, 7) is 23.0. The minimum absolute atomic E-state index is 0.00271. The van der Waals surface area contributed by atoms with Crippen LogP contribution in [0.15, 0.2) is 61.2 Å². The Morgan fingerprint density at radius 3 is 1.96 bits per heavy atom. The van der Waals surface area contributed by atoms with Crippen LogP contribution in [-0.2, 0) is 60.1 Å². The molecule has 5 heterocycles. The quantitative estimate of drug-likeness (QED) is 0.0599. The number of nitrogens with one attached hydrogen (secondary N) is 1. The van der Waals surface area contributed by atoms with Crippen LogP contribution in [0.3, 0.4) is 0 Å². The lowest BCUT2D eigenvalue weighted by Crippen LogP contribution is -2.50. The summed E-state index contributed by atoms with van der Waals surface area (Å²) < 4.78 is 147. The summed E-state index contributed by atoms with van der Waals surface area (Å²) in [4.78, 5) is 103. The van der Waals surface area contributed by atoms with E-state index in [0.29, 0.717) is 42.7 Å². The van der Waals surface area contributed by atoms with Gasteiger partial charge in [0.2, 0.25) is 40.0 Å². The number of rotatable bonds is 12. The Morgan fingerprint density at radius 1 is 0.781 bits per heavy atom. The van der Waals surface area contributed by atoms with Gasteiger partial charge in [-0.15, -0.1) is 0 Å². The van der Waals surface area contributed by atoms with Crippen LogP contribution in [0.5, 0.6) is 11.8 Å². The predicted molar refractivity (Wildman–Crippen MR) is 339 cm³/mol. The highest BCUT2D eigenvalue weighted by Gasteiger charge is 2.67. The molecule has 2 aromatic carbocycles. The van der Waals surface area contributed by atoms with Crippen LogP contribution in [0, 0.1) is 52.3 Å². The Kier molecular flexibility index (Phi) is 19.3. The molecule has 524 valence electrons. The molecule has 13 atom stereocenters. The Balaban J connectivity index is 0.000000238. The van der Waals surface area contributed by atoms with Crippen molar-refractivity contribution in [3.05, 3.63) is 72.6 Å². The average Bonchev–Trinajstić information content (AvgIpc) is 1.56. The molecule has 3 amide bonds. The second-order valence-corrected chi connectivity index (χ2v) is 32.8. The van der Waals surface area contributed by atoms with Crippen molar-refractivity contribution in [3.63, 3.8) is 0 Å². The third kappa shape index (κ3) is 14.9. The average molecular weight is 1370 g/mol. The van der Waals surface area contributed by atoms with Crippen LogP contribution >= 0.6 is 0 Å². The number of esters is 2. The van der Waals surface area contributed by atoms with Gasteiger partial charge in [0.1, 0.15) is 35.6 Å². The number of allylic oxidation sites excluding steroid dienone is 1. The van der Waals surface area contributed by atoms with Crippen molar-refractivity contribution in [2.45, 2.75) is 218 Å². The van der Waals surface area contributed by atoms with Crippen LogP contribution in [0.2, 0.25) is 0 Å². The summed E-state index contributed by atoms with van der Waals surface area (Å²) in [6, 6.07) is 10.5. The normalized spacial score (nSPS) is 29.7. The third-order valence-electron chi connectivity index (χ3n) is 20.0. The van der Waals surface area contributed by atoms with Gasteiger partial charge in [0.05, 0.1) is 63.7 Å². The Morgan fingerprint density at radius 2 is 1.39 bits per heavy atom. The summed E-state index contributed by atoms with van der Waals surface area (Å²) in [7, 11) is -4.25. The molecule has 27 heteroatoms. The van der Waals surface area contributed by atoms with Gasteiger partial charge in [0.15, 0.2) is 17.2 Å². The van der Waals surface area contributed by atoms with Gasteiger partial charge in [-0.1, -0.05) is 71.9 Å². The maximum absolute atomic E-state index is 16.4. The number of Topliss-reactive ketones (excluding diaryl/α,β-unsaturated/α-hetero) is 1. The number of ether oxygens (including phenoxy) is 5. The highest BCUT2D eigenvalue weighted by Crippen LogP contribution is 2.60. The highest BCUT2D eigenvalue weighted by molar-refractivity contribution is 7.91. The molecular formula is C69H87F6N7O13S. The van der Waals surface area contributed by atoms with Gasteiger partial charge in [0, 0.05) is 30.6 Å². The Bertz CT molecular complexity index is 3820. The first-order valence-electron chi connectivity index (χ1n) is 32.9. The van der Waals surface area contributed by atoms with E-state index in [1.54, 1.807) is 125 Å². The number of sulfonamides is 1. The zero-order chi connectivity index (χ0) is 70.4. The van der Waals surface area contributed by atoms with Crippen molar-refractivity contribution >= 4 is 67.7 Å². The lowest BCUT2D eigenvalue weighted by atomic mass is 9.77. The fraction of sp³-hybridized carbons (Fsp3) is 0.652. The van der Waals surface area contributed by atoms with Crippen LogP contribution in [-0.4, -0.2) is 140 Å². The number of para-hydroxylation sites is 4. The van der Waals surface area contributed by atoms with E-state index >= 15 is 8.78 Å². The van der Waals surface area contributed by atoms with Crippen LogP contribution in [0.25, 0.3) is 22.1 Å². The Labute approximate surface area is 555 Å². The number of nitrogens with zero attached hydrogens (tertiary/aromatic N) is 6. The van der Waals surface area contributed by atoms with Gasteiger partial charge >= 0.3 is 24.0 Å². The van der Waals surface area contributed by atoms with Crippen molar-refractivity contribution in [1.82, 2.24) is 34.5 Å². The minimum Gasteiger partial charge on any atom is -0.471 e. The number of alkyl halides is 6. The number of ketones is 1. The first kappa shape index (κ1) is 71.6. The summed E-state index contributed by atoms with van der Waals surface area (Å²) in [5, 5.41) is 0. The molecule has 7 aliphatic rings. The maximum atomic E-state index is 16.4. The number of hydrogen-bond acceptors (Lipinski definition) is 17. The van der Waals surface area contributed by atoms with E-state index in [4.69, 9.17) is 23.7 Å². The molecule has 96 heavy (non-hydrogen) atoms. The zero-order valence-corrected chi connectivity index (χ0v) is 57.1. The van der Waals surface area contributed by atoms with Crippen molar-refractivity contribution in [1.29, 1.82) is 0 Å². The fourth-order valence-electron chi connectivity index (χ4n) is 14.0. The first-order valence-corrected chi connectivity index (χ1v) is 34.4. The molecule has 4 aliphatic carbocycles. The van der Waals surface area contributed by atoms with Crippen molar-refractivity contribution < 1.29 is 87.2 Å². The van der Waals surface area contributed by atoms with Crippen LogP contribution in [0.1, 0.15) is 165 Å². The SMILES string of the molecule is C=CC(F)(F)c1nc2ccccc2nc1O[C@H]1CN(C(=O)OC(C)(C)C)[C@H](C(=O)OC(C)(C)C)[C@@H]1C.C[C@@H]1[C@@H]2CN(C(=O)[C@H](C(C)(C)C)CC(=O)O[C@@H]3C[C@@H]4C[C@@H]4[C@H]3CCCCC(F)(F)c3nc4ccccc4nc3O2)[C@@H]1C(=O)C[C@]1(C(=O)NS(=O)(=O)C2(C)CC2)C[C@H]1C(F)F. The number of benzene rings is 2. The first-order chi connectivity index (χ1) is 44.6. The fourth-order valence-corrected chi connectivity index (χ4v) is 15.4. The molecular weight excluding hydrogens is 1280 g/mol. The molecule has 20 nitrogen and oxygen atoms in total. The number of amides is 3. The lowest BCUT2D eigenvalue weighted by molar-refractivity contribution is -0.161. The van der Waals surface area contributed by atoms with Crippen LogP contribution in [0.4, 0.5) is 31.1 Å². The Hall–Kier alpha value is -7.19. The molecule has 0 unspecified atom stereocenters. The molecule has 2 bridgehead atoms. The van der Waals surface area contributed by atoms with E-state index in [1.807, 2.05) is 4.72 Å². The lowest BCUT2D eigenvalue weighted by Gasteiger charge is -2.35. The number of aromatic nitrogens is 4. The topological polar surface area (TPSA) is 253 Å². The molecule has 1 N–H and O–H groups in total. The number of halogens is 6. The summed E-state index contributed by atoms with van der Waals surface area (Å²) in [5.74, 6) is -15.3. The molecule has 3 aliphatic heterocycles. The van der Waals surface area contributed by atoms with Crippen molar-refractivity contribution in [3.8, 4) is 11.8 Å². The van der Waals surface area contributed by atoms with Crippen molar-refractivity contribution in [2.24, 2.45) is 52.3 Å². The monoisotopic (exact) mass is 1370 g/mol. The van der Waals surface area contributed by atoms with Gasteiger partial charge in [-0.05, 0) is 147 Å².